The van der Waals surface area contributed by atoms with Crippen LogP contribution in [0.15, 0.2) is 35.7 Å². The minimum atomic E-state index is 0.581. The fraction of sp³-hybridized carbons (Fsp3) is 0.154. The summed E-state index contributed by atoms with van der Waals surface area (Å²) in [6.07, 6.45) is 7.94. The monoisotopic (exact) mass is 250 g/mol. The molecule has 0 aliphatic carbocycles. The summed E-state index contributed by atoms with van der Waals surface area (Å²) in [5, 5.41) is 4.31. The third kappa shape index (κ3) is 1.61. The molecule has 0 spiro atoms. The number of aliphatic imine (C=N–C) groups is 1. The molecular weight excluding hydrogens is 240 g/mol. The fourth-order valence-electron chi connectivity index (χ4n) is 2.18. The molecule has 0 saturated heterocycles. The number of rotatable bonds is 1. The van der Waals surface area contributed by atoms with Crippen LogP contribution in [-0.4, -0.2) is 37.5 Å². The zero-order valence-corrected chi connectivity index (χ0v) is 10.1. The molecule has 0 fully saturated rings. The van der Waals surface area contributed by atoms with Crippen molar-refractivity contribution >= 4 is 17.2 Å². The molecule has 92 valence electrons. The molecule has 3 aromatic heterocycles. The number of aromatic nitrogens is 5. The van der Waals surface area contributed by atoms with Gasteiger partial charge in [-0.1, -0.05) is 0 Å². The third-order valence-corrected chi connectivity index (χ3v) is 3.12. The van der Waals surface area contributed by atoms with Crippen LogP contribution in [0.25, 0.3) is 17.0 Å². The highest BCUT2D eigenvalue weighted by atomic mass is 15.3. The molecule has 1 aliphatic rings. The Morgan fingerprint density at radius 3 is 3.16 bits per heavy atom. The molecule has 0 N–H and O–H groups in total. The molecule has 19 heavy (non-hydrogen) atoms. The van der Waals surface area contributed by atoms with E-state index in [1.54, 1.807) is 23.3 Å². The van der Waals surface area contributed by atoms with Gasteiger partial charge in [-0.15, -0.1) is 0 Å². The summed E-state index contributed by atoms with van der Waals surface area (Å²) in [6, 6.07) is 3.84. The molecule has 0 amide bonds. The standard InChI is InChI=1S/C13H10N6/c1-2-12-11(15-4-1)8-17-19(12)13-16-7-9-6-14-5-3-10(9)18-13/h1-2,4,6-8H,3,5H2. The first kappa shape index (κ1) is 10.3. The predicted molar refractivity (Wildman–Crippen MR) is 70.6 cm³/mol. The molecule has 4 heterocycles. The lowest BCUT2D eigenvalue weighted by molar-refractivity contribution is 0.799. The molecule has 0 aromatic carbocycles. The van der Waals surface area contributed by atoms with Gasteiger partial charge in [-0.25, -0.2) is 9.97 Å². The lowest BCUT2D eigenvalue weighted by Gasteiger charge is -2.09. The molecule has 3 aromatic rings. The Labute approximate surface area is 108 Å². The van der Waals surface area contributed by atoms with E-state index in [2.05, 4.69) is 25.0 Å². The maximum atomic E-state index is 4.58. The van der Waals surface area contributed by atoms with Gasteiger partial charge in [0.25, 0.3) is 5.95 Å². The summed E-state index contributed by atoms with van der Waals surface area (Å²) >= 11 is 0. The molecule has 6 nitrogen and oxygen atoms in total. The first-order valence-electron chi connectivity index (χ1n) is 6.07. The first-order chi connectivity index (χ1) is 9.42. The SMILES string of the molecule is C1=NCCc2nc(-n3ncc4ncccc43)ncc21. The Bertz CT molecular complexity index is 789. The summed E-state index contributed by atoms with van der Waals surface area (Å²) in [4.78, 5) is 17.4. The number of pyridine rings is 1. The van der Waals surface area contributed by atoms with Gasteiger partial charge >= 0.3 is 0 Å². The average Bonchev–Trinajstić information content (AvgIpc) is 2.91. The highest BCUT2D eigenvalue weighted by Crippen LogP contribution is 2.15. The van der Waals surface area contributed by atoms with Crippen molar-refractivity contribution in [3.05, 3.63) is 42.0 Å². The van der Waals surface area contributed by atoms with Crippen LogP contribution in [0.2, 0.25) is 0 Å². The van der Waals surface area contributed by atoms with Gasteiger partial charge in [0.2, 0.25) is 0 Å². The fourth-order valence-corrected chi connectivity index (χ4v) is 2.18. The smallest absolute Gasteiger partial charge is 0.251 e. The second-order valence-corrected chi connectivity index (χ2v) is 4.32. The van der Waals surface area contributed by atoms with Gasteiger partial charge < -0.3 is 0 Å². The summed E-state index contributed by atoms with van der Waals surface area (Å²) < 4.78 is 1.72. The maximum Gasteiger partial charge on any atom is 0.251 e. The lowest BCUT2D eigenvalue weighted by Crippen LogP contribution is -2.11. The number of hydrogen-bond donors (Lipinski definition) is 0. The molecule has 0 saturated carbocycles. The summed E-state index contributed by atoms with van der Waals surface area (Å²) in [7, 11) is 0. The van der Waals surface area contributed by atoms with Crippen molar-refractivity contribution in [2.75, 3.05) is 6.54 Å². The highest BCUT2D eigenvalue weighted by Gasteiger charge is 2.12. The zero-order valence-electron chi connectivity index (χ0n) is 10.1. The molecule has 0 unspecified atom stereocenters. The Balaban J connectivity index is 1.90. The summed E-state index contributed by atoms with van der Waals surface area (Å²) in [5.74, 6) is 0.581. The van der Waals surface area contributed by atoms with Crippen molar-refractivity contribution in [1.29, 1.82) is 0 Å². The van der Waals surface area contributed by atoms with E-state index in [1.807, 2.05) is 18.3 Å². The van der Waals surface area contributed by atoms with Crippen molar-refractivity contribution in [3.8, 4) is 5.95 Å². The van der Waals surface area contributed by atoms with E-state index in [1.165, 1.54) is 0 Å². The van der Waals surface area contributed by atoms with E-state index in [4.69, 9.17) is 0 Å². The number of nitrogens with zero attached hydrogens (tertiary/aromatic N) is 6. The average molecular weight is 250 g/mol. The first-order valence-corrected chi connectivity index (χ1v) is 6.07. The van der Waals surface area contributed by atoms with Crippen molar-refractivity contribution in [2.45, 2.75) is 6.42 Å². The van der Waals surface area contributed by atoms with Gasteiger partial charge in [-0.3, -0.25) is 9.98 Å². The van der Waals surface area contributed by atoms with Gasteiger partial charge in [-0.05, 0) is 12.1 Å². The third-order valence-electron chi connectivity index (χ3n) is 3.12. The Morgan fingerprint density at radius 2 is 2.16 bits per heavy atom. The quantitative estimate of drug-likeness (QED) is 0.650. The van der Waals surface area contributed by atoms with E-state index >= 15 is 0 Å². The van der Waals surface area contributed by atoms with Crippen LogP contribution in [0.3, 0.4) is 0 Å². The molecule has 0 radical (unpaired) electrons. The van der Waals surface area contributed by atoms with Crippen LogP contribution in [0.4, 0.5) is 0 Å². The molecule has 0 bridgehead atoms. The van der Waals surface area contributed by atoms with Gasteiger partial charge in [-0.2, -0.15) is 9.78 Å². The molecule has 1 aliphatic heterocycles. The molecular formula is C13H10N6. The van der Waals surface area contributed by atoms with Crippen molar-refractivity contribution < 1.29 is 0 Å². The lowest BCUT2D eigenvalue weighted by atomic mass is 10.1. The van der Waals surface area contributed by atoms with Crippen LogP contribution < -0.4 is 0 Å². The van der Waals surface area contributed by atoms with Gasteiger partial charge in [0.05, 0.1) is 17.4 Å². The van der Waals surface area contributed by atoms with Crippen LogP contribution in [0.1, 0.15) is 11.3 Å². The Hall–Kier alpha value is -2.63. The van der Waals surface area contributed by atoms with E-state index in [9.17, 15) is 0 Å². The largest absolute Gasteiger partial charge is 0.292 e. The van der Waals surface area contributed by atoms with E-state index in [0.717, 1.165) is 35.3 Å². The topological polar surface area (TPSA) is 68.8 Å². The second-order valence-electron chi connectivity index (χ2n) is 4.32. The second kappa shape index (κ2) is 3.94. The zero-order chi connectivity index (χ0) is 12.7. The molecule has 0 atom stereocenters. The minimum absolute atomic E-state index is 0.581. The van der Waals surface area contributed by atoms with Crippen LogP contribution in [0, 0.1) is 0 Å². The van der Waals surface area contributed by atoms with Crippen molar-refractivity contribution in [2.24, 2.45) is 4.99 Å². The minimum Gasteiger partial charge on any atom is -0.292 e. The maximum absolute atomic E-state index is 4.58. The molecule has 6 heteroatoms. The number of fused-ring (bicyclic) bond motifs is 2. The van der Waals surface area contributed by atoms with E-state index in [-0.39, 0.29) is 0 Å². The highest BCUT2D eigenvalue weighted by molar-refractivity contribution is 5.81. The van der Waals surface area contributed by atoms with E-state index < -0.39 is 0 Å². The van der Waals surface area contributed by atoms with Gasteiger partial charge in [0, 0.05) is 37.1 Å². The van der Waals surface area contributed by atoms with E-state index in [0.29, 0.717) is 5.95 Å². The van der Waals surface area contributed by atoms with Crippen LogP contribution in [-0.2, 0) is 6.42 Å². The predicted octanol–water partition coefficient (Wildman–Crippen LogP) is 1.19. The normalized spacial score (nSPS) is 13.7. The van der Waals surface area contributed by atoms with Gasteiger partial charge in [0.1, 0.15) is 5.52 Å². The van der Waals surface area contributed by atoms with Crippen molar-refractivity contribution in [3.63, 3.8) is 0 Å². The van der Waals surface area contributed by atoms with Crippen LogP contribution >= 0.6 is 0 Å². The van der Waals surface area contributed by atoms with Gasteiger partial charge in [0.15, 0.2) is 0 Å². The Morgan fingerprint density at radius 1 is 1.16 bits per heavy atom. The van der Waals surface area contributed by atoms with Crippen molar-refractivity contribution in [1.82, 2.24) is 24.7 Å². The molecule has 4 rings (SSSR count). The van der Waals surface area contributed by atoms with Crippen LogP contribution in [0.5, 0.6) is 0 Å². The summed E-state index contributed by atoms with van der Waals surface area (Å²) in [6.45, 7) is 0.783. The number of hydrogen-bond acceptors (Lipinski definition) is 5. The Kier molecular flexibility index (Phi) is 2.14. The summed E-state index contributed by atoms with van der Waals surface area (Å²) in [5.41, 5.74) is 3.76.